The number of fused-ring (bicyclic) bond motifs is 2. The molecule has 0 fully saturated rings. The fourth-order valence-electron chi connectivity index (χ4n) is 9.52. The first-order valence-corrected chi connectivity index (χ1v) is 24.8. The smallest absolute Gasteiger partial charge is 0.0622 e. The van der Waals surface area contributed by atoms with Crippen LogP contribution in [0.1, 0.15) is 11.1 Å². The molecule has 10 rings (SSSR count). The van der Waals surface area contributed by atoms with Gasteiger partial charge in [-0.2, -0.15) is 0 Å². The third-order valence-electron chi connectivity index (χ3n) is 12.2. The van der Waals surface area contributed by atoms with Crippen LogP contribution >= 0.6 is 14.5 Å². The van der Waals surface area contributed by atoms with Crippen LogP contribution in [-0.4, -0.2) is 0 Å². The second-order valence-corrected chi connectivity index (χ2v) is 22.5. The Bertz CT molecular complexity index is 2710. The van der Waals surface area contributed by atoms with E-state index in [1.807, 2.05) is 0 Å². The monoisotopic (exact) mass is 804 g/mol. The Morgan fingerprint density at radius 2 is 0.500 bits per heavy atom. The van der Waals surface area contributed by atoms with Gasteiger partial charge in [-0.25, -0.2) is 0 Å². The van der Waals surface area contributed by atoms with Gasteiger partial charge in [0.1, 0.15) is 46.4 Å². The average molecular weight is 805 g/mol. The van der Waals surface area contributed by atoms with Crippen LogP contribution in [0.4, 0.5) is 0 Å². The van der Waals surface area contributed by atoms with E-state index in [2.05, 4.69) is 255 Å². The van der Waals surface area contributed by atoms with E-state index >= 15 is 0 Å². The molecule has 0 unspecified atom stereocenters. The summed E-state index contributed by atoms with van der Waals surface area (Å²) in [6.45, 7) is 0. The maximum atomic E-state index is 2.52. The van der Waals surface area contributed by atoms with Gasteiger partial charge in [0.15, 0.2) is 0 Å². The third kappa shape index (κ3) is 6.77. The molecule has 0 bridgehead atoms. The molecular formula is C58H46P2+2. The zero-order chi connectivity index (χ0) is 40.2. The van der Waals surface area contributed by atoms with Crippen LogP contribution in [-0.2, 0) is 12.3 Å². The molecule has 286 valence electrons. The summed E-state index contributed by atoms with van der Waals surface area (Å²) in [5, 5.41) is 13.4. The molecule has 0 N–H and O–H groups in total. The van der Waals surface area contributed by atoms with E-state index in [-0.39, 0.29) is 0 Å². The summed E-state index contributed by atoms with van der Waals surface area (Å²) in [6.07, 6.45) is 1.80. The maximum absolute atomic E-state index is 2.52. The van der Waals surface area contributed by atoms with Gasteiger partial charge in [0.2, 0.25) is 0 Å². The standard InChI is InChI=1S/C58H46P2/c1-7-23-45(24-8-1)43-59(49-29-11-3-12-30-49,50-31-13-4-14-32-50)55-41-39-47-27-19-21-37-53(47)57(55)58-54-38-22-20-28-48(54)40-42-56(58)60(51-33-15-5-16-34-51,52-35-17-6-18-36-52)44-46-25-9-2-10-26-46/h1-42H,43-44H2/q+2. The summed E-state index contributed by atoms with van der Waals surface area (Å²) in [6, 6.07) is 96.2. The van der Waals surface area contributed by atoms with E-state index in [0.717, 1.165) is 12.3 Å². The van der Waals surface area contributed by atoms with E-state index in [0.29, 0.717) is 0 Å². The van der Waals surface area contributed by atoms with Crippen molar-refractivity contribution in [3.8, 4) is 11.1 Å². The predicted octanol–water partition coefficient (Wildman–Crippen LogP) is 12.6. The maximum Gasteiger partial charge on any atom is 0.117 e. The molecule has 0 aliphatic carbocycles. The first-order valence-electron chi connectivity index (χ1n) is 20.9. The number of hydrogen-bond acceptors (Lipinski definition) is 0. The highest BCUT2D eigenvalue weighted by Crippen LogP contribution is 2.64. The first kappa shape index (κ1) is 37.8. The van der Waals surface area contributed by atoms with Crippen LogP contribution in [0.5, 0.6) is 0 Å². The Hall–Kier alpha value is -6.42. The van der Waals surface area contributed by atoms with E-state index in [9.17, 15) is 0 Å². The third-order valence-corrected chi connectivity index (χ3v) is 21.0. The highest BCUT2D eigenvalue weighted by atomic mass is 31.2. The number of hydrogen-bond donors (Lipinski definition) is 0. The lowest BCUT2D eigenvalue weighted by Gasteiger charge is -2.33. The van der Waals surface area contributed by atoms with Crippen LogP contribution in [0.3, 0.4) is 0 Å². The first-order chi connectivity index (χ1) is 29.8. The SMILES string of the molecule is c1ccc(C[P+](c2ccccc2)(c2ccccc2)c2ccc3ccccc3c2-c2c([P+](Cc3ccccc3)(c3ccccc3)c3ccccc3)ccc3ccccc23)cc1. The summed E-state index contributed by atoms with van der Waals surface area (Å²) >= 11 is 0. The highest BCUT2D eigenvalue weighted by Gasteiger charge is 2.51. The number of benzene rings is 10. The van der Waals surface area contributed by atoms with E-state index in [1.54, 1.807) is 0 Å². The lowest BCUT2D eigenvalue weighted by Crippen LogP contribution is -2.36. The summed E-state index contributed by atoms with van der Waals surface area (Å²) in [5.74, 6) is 0. The Kier molecular flexibility index (Phi) is 10.5. The van der Waals surface area contributed by atoms with Crippen molar-refractivity contribution in [1.29, 1.82) is 0 Å². The quantitative estimate of drug-likeness (QED) is 0.114. The predicted molar refractivity (Wildman–Crippen MR) is 265 cm³/mol. The Labute approximate surface area is 355 Å². The van der Waals surface area contributed by atoms with Gasteiger partial charge < -0.3 is 0 Å². The zero-order valence-corrected chi connectivity index (χ0v) is 35.3. The van der Waals surface area contributed by atoms with Crippen molar-refractivity contribution >= 4 is 67.9 Å². The molecule has 0 saturated carbocycles. The largest absolute Gasteiger partial charge is 0.117 e. The molecule has 60 heavy (non-hydrogen) atoms. The van der Waals surface area contributed by atoms with Crippen LogP contribution in [0.2, 0.25) is 0 Å². The molecule has 0 aliphatic rings. The van der Waals surface area contributed by atoms with Gasteiger partial charge in [0, 0.05) is 11.1 Å². The summed E-state index contributed by atoms with van der Waals surface area (Å²) in [4.78, 5) is 0. The van der Waals surface area contributed by atoms with Crippen molar-refractivity contribution in [2.75, 3.05) is 0 Å². The molecule has 10 aromatic carbocycles. The van der Waals surface area contributed by atoms with Crippen LogP contribution in [0.25, 0.3) is 32.7 Å². The van der Waals surface area contributed by atoms with Crippen molar-refractivity contribution in [2.45, 2.75) is 12.3 Å². The molecule has 0 amide bonds. The van der Waals surface area contributed by atoms with Crippen molar-refractivity contribution < 1.29 is 0 Å². The fourth-order valence-corrected chi connectivity index (χ4v) is 18.4. The molecular weight excluding hydrogens is 759 g/mol. The minimum absolute atomic E-state index is 0.898. The summed E-state index contributed by atoms with van der Waals surface area (Å²) in [7, 11) is -4.86. The van der Waals surface area contributed by atoms with Gasteiger partial charge in [-0.15, -0.1) is 0 Å². The Morgan fingerprint density at radius 1 is 0.233 bits per heavy atom. The molecule has 0 atom stereocenters. The van der Waals surface area contributed by atoms with Crippen LogP contribution < -0.4 is 31.8 Å². The topological polar surface area (TPSA) is 0 Å². The molecule has 0 nitrogen and oxygen atoms in total. The van der Waals surface area contributed by atoms with Gasteiger partial charge >= 0.3 is 0 Å². The van der Waals surface area contributed by atoms with Gasteiger partial charge in [-0.05, 0) is 93.3 Å². The van der Waals surface area contributed by atoms with Crippen molar-refractivity contribution in [3.05, 3.63) is 266 Å². The number of rotatable bonds is 11. The minimum Gasteiger partial charge on any atom is -0.0622 e. The normalized spacial score (nSPS) is 11.8. The molecule has 0 spiro atoms. The molecule has 2 heteroatoms. The lowest BCUT2D eigenvalue weighted by atomic mass is 9.93. The van der Waals surface area contributed by atoms with Crippen molar-refractivity contribution in [2.24, 2.45) is 0 Å². The highest BCUT2D eigenvalue weighted by molar-refractivity contribution is 7.96. The zero-order valence-electron chi connectivity index (χ0n) is 33.6. The summed E-state index contributed by atoms with van der Waals surface area (Å²) < 4.78 is 0. The van der Waals surface area contributed by atoms with E-state index in [4.69, 9.17) is 0 Å². The molecule has 0 radical (unpaired) electrons. The molecule has 0 heterocycles. The van der Waals surface area contributed by atoms with Gasteiger partial charge in [0.25, 0.3) is 0 Å². The van der Waals surface area contributed by atoms with Gasteiger partial charge in [-0.1, -0.05) is 194 Å². The molecule has 0 aromatic heterocycles. The second-order valence-electron chi connectivity index (χ2n) is 15.6. The van der Waals surface area contributed by atoms with E-state index < -0.39 is 14.5 Å². The minimum atomic E-state index is -2.43. The van der Waals surface area contributed by atoms with E-state index in [1.165, 1.54) is 75.6 Å². The van der Waals surface area contributed by atoms with Crippen molar-refractivity contribution in [3.63, 3.8) is 0 Å². The lowest BCUT2D eigenvalue weighted by molar-refractivity contribution is 1.39. The Morgan fingerprint density at radius 3 is 0.817 bits per heavy atom. The van der Waals surface area contributed by atoms with Gasteiger partial charge in [-0.3, -0.25) is 0 Å². The average Bonchev–Trinajstić information content (AvgIpc) is 3.34. The van der Waals surface area contributed by atoms with Crippen LogP contribution in [0.15, 0.2) is 255 Å². The van der Waals surface area contributed by atoms with Crippen molar-refractivity contribution in [1.82, 2.24) is 0 Å². The molecule has 0 aliphatic heterocycles. The second kappa shape index (κ2) is 16.7. The Balaban J connectivity index is 1.43. The molecule has 0 saturated heterocycles. The summed E-state index contributed by atoms with van der Waals surface area (Å²) in [5.41, 5.74) is 5.38. The fraction of sp³-hybridized carbons (Fsp3) is 0.0345. The van der Waals surface area contributed by atoms with Crippen LogP contribution in [0, 0.1) is 0 Å². The molecule has 10 aromatic rings. The van der Waals surface area contributed by atoms with Gasteiger partial charge in [0.05, 0.1) is 12.3 Å².